The monoisotopic (exact) mass is 276 g/mol. The third-order valence-corrected chi connectivity index (χ3v) is 3.99. The van der Waals surface area contributed by atoms with Crippen LogP contribution in [0.5, 0.6) is 0 Å². The molecule has 0 saturated heterocycles. The summed E-state index contributed by atoms with van der Waals surface area (Å²) in [7, 11) is 0. The summed E-state index contributed by atoms with van der Waals surface area (Å²) >= 11 is 0. The Bertz CT molecular complexity index is 634. The number of benzene rings is 1. The van der Waals surface area contributed by atoms with E-state index in [2.05, 4.69) is 10.3 Å². The largest absolute Gasteiger partial charge is 0.385 e. The molecule has 4 heteroatoms. The molecule has 2 aromatic rings. The lowest BCUT2D eigenvalue weighted by Crippen LogP contribution is -2.04. The molecule has 106 valence electrons. The average molecular weight is 276 g/mol. The van der Waals surface area contributed by atoms with E-state index in [1.165, 1.54) is 18.9 Å². The maximum atomic E-state index is 14.0. The zero-order valence-corrected chi connectivity index (χ0v) is 11.5. The Hall–Kier alpha value is -1.71. The van der Waals surface area contributed by atoms with Gasteiger partial charge in [-0.3, -0.25) is 4.98 Å². The molecule has 1 N–H and O–H groups in total. The quantitative estimate of drug-likeness (QED) is 0.886. The van der Waals surface area contributed by atoms with E-state index < -0.39 is 11.6 Å². The van der Waals surface area contributed by atoms with Gasteiger partial charge in [-0.15, -0.1) is 0 Å². The van der Waals surface area contributed by atoms with Gasteiger partial charge in [-0.25, -0.2) is 8.78 Å². The molecular weight excluding hydrogens is 258 g/mol. The van der Waals surface area contributed by atoms with Crippen molar-refractivity contribution in [2.45, 2.75) is 38.5 Å². The van der Waals surface area contributed by atoms with Crippen molar-refractivity contribution in [2.24, 2.45) is 0 Å². The Morgan fingerprint density at radius 3 is 2.65 bits per heavy atom. The average Bonchev–Trinajstić information content (AvgIpc) is 2.91. The van der Waals surface area contributed by atoms with Crippen molar-refractivity contribution in [3.63, 3.8) is 0 Å². The van der Waals surface area contributed by atoms with Crippen LogP contribution in [0.1, 0.15) is 44.2 Å². The van der Waals surface area contributed by atoms with E-state index in [1.54, 1.807) is 0 Å². The van der Waals surface area contributed by atoms with E-state index in [4.69, 9.17) is 0 Å². The highest BCUT2D eigenvalue weighted by Crippen LogP contribution is 2.36. The maximum Gasteiger partial charge on any atom is 0.137 e. The standard InChI is InChI=1S/C16H18F2N2/c1-2-19-14-9-13(10-5-3-4-6-10)20-15-8-11(17)7-12(18)16(14)15/h7-10H,2-6H2,1H3,(H,19,20). The molecule has 20 heavy (non-hydrogen) atoms. The lowest BCUT2D eigenvalue weighted by atomic mass is 10.0. The third kappa shape index (κ3) is 2.35. The summed E-state index contributed by atoms with van der Waals surface area (Å²) in [5, 5.41) is 3.56. The van der Waals surface area contributed by atoms with E-state index in [0.29, 0.717) is 23.4 Å². The molecule has 1 heterocycles. The van der Waals surface area contributed by atoms with Crippen LogP contribution in [-0.4, -0.2) is 11.5 Å². The van der Waals surface area contributed by atoms with E-state index in [0.717, 1.165) is 30.3 Å². The number of hydrogen-bond acceptors (Lipinski definition) is 2. The van der Waals surface area contributed by atoms with Gasteiger partial charge in [0, 0.05) is 36.0 Å². The van der Waals surface area contributed by atoms with Gasteiger partial charge in [-0.2, -0.15) is 0 Å². The van der Waals surface area contributed by atoms with Gasteiger partial charge in [0.1, 0.15) is 11.6 Å². The maximum absolute atomic E-state index is 14.0. The number of nitrogens with zero attached hydrogens (tertiary/aromatic N) is 1. The van der Waals surface area contributed by atoms with Crippen molar-refractivity contribution >= 4 is 16.6 Å². The molecule has 1 aliphatic rings. The van der Waals surface area contributed by atoms with Gasteiger partial charge in [-0.1, -0.05) is 12.8 Å². The van der Waals surface area contributed by atoms with Crippen LogP contribution in [0.15, 0.2) is 18.2 Å². The fourth-order valence-electron chi connectivity index (χ4n) is 3.07. The molecule has 0 bridgehead atoms. The van der Waals surface area contributed by atoms with E-state index >= 15 is 0 Å². The van der Waals surface area contributed by atoms with Crippen molar-refractivity contribution in [1.82, 2.24) is 4.98 Å². The fourth-order valence-corrected chi connectivity index (χ4v) is 3.07. The minimum Gasteiger partial charge on any atom is -0.385 e. The molecule has 0 spiro atoms. The lowest BCUT2D eigenvalue weighted by Gasteiger charge is -2.15. The van der Waals surface area contributed by atoms with Crippen molar-refractivity contribution in [3.8, 4) is 0 Å². The van der Waals surface area contributed by atoms with Crippen molar-refractivity contribution in [1.29, 1.82) is 0 Å². The van der Waals surface area contributed by atoms with Crippen LogP contribution in [-0.2, 0) is 0 Å². The van der Waals surface area contributed by atoms with Crippen LogP contribution in [0, 0.1) is 11.6 Å². The molecule has 0 aliphatic heterocycles. The Morgan fingerprint density at radius 2 is 1.95 bits per heavy atom. The Kier molecular flexibility index (Phi) is 3.55. The summed E-state index contributed by atoms with van der Waals surface area (Å²) in [6.07, 6.45) is 4.64. The number of fused-ring (bicyclic) bond motifs is 1. The Morgan fingerprint density at radius 1 is 1.20 bits per heavy atom. The minimum absolute atomic E-state index is 0.384. The summed E-state index contributed by atoms with van der Waals surface area (Å²) < 4.78 is 27.4. The molecule has 0 unspecified atom stereocenters. The van der Waals surface area contributed by atoms with Crippen molar-refractivity contribution < 1.29 is 8.78 Å². The van der Waals surface area contributed by atoms with Crippen LogP contribution in [0.3, 0.4) is 0 Å². The van der Waals surface area contributed by atoms with Crippen LogP contribution in [0.4, 0.5) is 14.5 Å². The van der Waals surface area contributed by atoms with Crippen LogP contribution < -0.4 is 5.32 Å². The highest BCUT2D eigenvalue weighted by molar-refractivity contribution is 5.92. The topological polar surface area (TPSA) is 24.9 Å². The SMILES string of the molecule is CCNc1cc(C2CCCC2)nc2cc(F)cc(F)c12. The number of nitrogens with one attached hydrogen (secondary N) is 1. The molecular formula is C16H18F2N2. The third-order valence-electron chi connectivity index (χ3n) is 3.99. The number of rotatable bonds is 3. The molecule has 0 amide bonds. The molecule has 0 atom stereocenters. The molecule has 1 aromatic carbocycles. The smallest absolute Gasteiger partial charge is 0.137 e. The predicted octanol–water partition coefficient (Wildman–Crippen LogP) is 4.60. The number of pyridine rings is 1. The summed E-state index contributed by atoms with van der Waals surface area (Å²) in [5.41, 5.74) is 2.08. The number of hydrogen-bond donors (Lipinski definition) is 1. The summed E-state index contributed by atoms with van der Waals surface area (Å²) in [4.78, 5) is 4.50. The van der Waals surface area contributed by atoms with E-state index in [1.807, 2.05) is 13.0 Å². The fraction of sp³-hybridized carbons (Fsp3) is 0.438. The minimum atomic E-state index is -0.575. The first-order valence-corrected chi connectivity index (χ1v) is 7.22. The number of anilines is 1. The zero-order chi connectivity index (χ0) is 14.1. The van der Waals surface area contributed by atoms with Gasteiger partial charge >= 0.3 is 0 Å². The van der Waals surface area contributed by atoms with E-state index in [-0.39, 0.29) is 0 Å². The highest BCUT2D eigenvalue weighted by Gasteiger charge is 2.21. The second-order valence-electron chi connectivity index (χ2n) is 5.39. The second-order valence-corrected chi connectivity index (χ2v) is 5.39. The van der Waals surface area contributed by atoms with Crippen LogP contribution >= 0.6 is 0 Å². The van der Waals surface area contributed by atoms with Crippen molar-refractivity contribution in [3.05, 3.63) is 35.5 Å². The summed E-state index contributed by atoms with van der Waals surface area (Å²) in [6.45, 7) is 2.66. The molecule has 3 rings (SSSR count). The van der Waals surface area contributed by atoms with Crippen molar-refractivity contribution in [2.75, 3.05) is 11.9 Å². The van der Waals surface area contributed by atoms with Gasteiger partial charge in [0.2, 0.25) is 0 Å². The van der Waals surface area contributed by atoms with Gasteiger partial charge in [0.05, 0.1) is 10.9 Å². The van der Waals surface area contributed by atoms with E-state index in [9.17, 15) is 8.78 Å². The molecule has 2 nitrogen and oxygen atoms in total. The molecule has 1 saturated carbocycles. The molecule has 1 fully saturated rings. The Labute approximate surface area is 117 Å². The summed E-state index contributed by atoms with van der Waals surface area (Å²) in [6, 6.07) is 4.17. The van der Waals surface area contributed by atoms with Gasteiger partial charge in [-0.05, 0) is 25.8 Å². The first-order chi connectivity index (χ1) is 9.69. The normalized spacial score (nSPS) is 15.9. The molecule has 1 aromatic heterocycles. The van der Waals surface area contributed by atoms with Gasteiger partial charge in [0.15, 0.2) is 0 Å². The van der Waals surface area contributed by atoms with Crippen LogP contribution in [0.2, 0.25) is 0 Å². The molecule has 0 radical (unpaired) electrons. The van der Waals surface area contributed by atoms with Crippen LogP contribution in [0.25, 0.3) is 10.9 Å². The zero-order valence-electron chi connectivity index (χ0n) is 11.5. The number of halogens is 2. The summed E-state index contributed by atoms with van der Waals surface area (Å²) in [5.74, 6) is -0.710. The first-order valence-electron chi connectivity index (χ1n) is 7.22. The predicted molar refractivity (Wildman–Crippen MR) is 77.0 cm³/mol. The highest BCUT2D eigenvalue weighted by atomic mass is 19.1. The first kappa shape index (κ1) is 13.3. The number of aromatic nitrogens is 1. The second kappa shape index (κ2) is 5.35. The van der Waals surface area contributed by atoms with Gasteiger partial charge < -0.3 is 5.32 Å². The lowest BCUT2D eigenvalue weighted by molar-refractivity contribution is 0.591. The van der Waals surface area contributed by atoms with Gasteiger partial charge in [0.25, 0.3) is 0 Å². The Balaban J connectivity index is 2.19. The molecule has 1 aliphatic carbocycles.